The lowest BCUT2D eigenvalue weighted by molar-refractivity contribution is 0.0552. The molecule has 1 aromatic heterocycles. The van der Waals surface area contributed by atoms with Crippen LogP contribution in [0.4, 0.5) is 4.79 Å². The molecule has 1 atom stereocenters. The van der Waals surface area contributed by atoms with Crippen molar-refractivity contribution in [2.45, 2.75) is 18.9 Å². The molecule has 7 nitrogen and oxygen atoms in total. The van der Waals surface area contributed by atoms with Crippen molar-refractivity contribution in [3.8, 4) is 11.3 Å². The second-order valence-corrected chi connectivity index (χ2v) is 7.23. The number of likely N-dealkylation sites (N-methyl/N-ethyl adjacent to an activating group) is 1. The Bertz CT molecular complexity index is 896. The lowest BCUT2D eigenvalue weighted by Gasteiger charge is -2.21. The van der Waals surface area contributed by atoms with Gasteiger partial charge in [-0.05, 0) is 13.0 Å². The zero-order valence-electron chi connectivity index (χ0n) is 14.5. The van der Waals surface area contributed by atoms with Crippen LogP contribution in [0.2, 0.25) is 5.02 Å². The molecular weight excluding hydrogens is 358 g/mol. The van der Waals surface area contributed by atoms with Gasteiger partial charge in [0.15, 0.2) is 5.60 Å². The van der Waals surface area contributed by atoms with Gasteiger partial charge in [-0.1, -0.05) is 35.0 Å². The van der Waals surface area contributed by atoms with Crippen LogP contribution in [0.15, 0.2) is 28.8 Å². The summed E-state index contributed by atoms with van der Waals surface area (Å²) in [6.45, 7) is 3.05. The Morgan fingerprint density at radius 1 is 1.31 bits per heavy atom. The molecule has 2 saturated heterocycles. The number of carbonyl (C=O) groups is 2. The first kappa shape index (κ1) is 16.9. The molecule has 136 valence electrons. The van der Waals surface area contributed by atoms with E-state index in [1.807, 2.05) is 12.1 Å². The second-order valence-electron chi connectivity index (χ2n) is 6.83. The predicted molar refractivity (Wildman–Crippen MR) is 94.0 cm³/mol. The topological polar surface area (TPSA) is 75.9 Å². The molecule has 26 heavy (non-hydrogen) atoms. The van der Waals surface area contributed by atoms with Crippen LogP contribution in [-0.4, -0.2) is 59.2 Å². The monoisotopic (exact) mass is 375 g/mol. The molecule has 0 aliphatic carbocycles. The van der Waals surface area contributed by atoms with E-state index in [1.54, 1.807) is 31.0 Å². The van der Waals surface area contributed by atoms with Crippen LogP contribution in [0, 0.1) is 6.92 Å². The third kappa shape index (κ3) is 2.63. The highest BCUT2D eigenvalue weighted by Gasteiger charge is 2.50. The SMILES string of the molecule is Cc1onc(-c2ccccc2Cl)c1C(=O)N1CC[C@]2(CN(C)C(=O)O2)C1. The van der Waals surface area contributed by atoms with Crippen molar-refractivity contribution in [2.75, 3.05) is 26.7 Å². The van der Waals surface area contributed by atoms with Crippen molar-refractivity contribution < 1.29 is 18.8 Å². The molecule has 2 fully saturated rings. The number of aromatic nitrogens is 1. The number of ether oxygens (including phenoxy) is 1. The van der Waals surface area contributed by atoms with Gasteiger partial charge in [0.1, 0.15) is 17.0 Å². The quantitative estimate of drug-likeness (QED) is 0.806. The fraction of sp³-hybridized carbons (Fsp3) is 0.389. The van der Waals surface area contributed by atoms with E-state index in [4.69, 9.17) is 20.9 Å². The van der Waals surface area contributed by atoms with Crippen LogP contribution in [0.3, 0.4) is 0 Å². The van der Waals surface area contributed by atoms with Crippen LogP contribution in [0.5, 0.6) is 0 Å². The number of amides is 2. The van der Waals surface area contributed by atoms with E-state index in [9.17, 15) is 9.59 Å². The largest absolute Gasteiger partial charge is 0.439 e. The van der Waals surface area contributed by atoms with Crippen molar-refractivity contribution in [3.05, 3.63) is 40.6 Å². The highest BCUT2D eigenvalue weighted by Crippen LogP contribution is 2.35. The summed E-state index contributed by atoms with van der Waals surface area (Å²) in [5.41, 5.74) is 0.847. The van der Waals surface area contributed by atoms with E-state index < -0.39 is 5.60 Å². The molecule has 2 aliphatic rings. The van der Waals surface area contributed by atoms with Crippen molar-refractivity contribution >= 4 is 23.6 Å². The van der Waals surface area contributed by atoms with Crippen LogP contribution in [0.25, 0.3) is 11.3 Å². The van der Waals surface area contributed by atoms with Crippen molar-refractivity contribution in [2.24, 2.45) is 0 Å². The summed E-state index contributed by atoms with van der Waals surface area (Å²) >= 11 is 6.27. The average molecular weight is 376 g/mol. The molecule has 8 heteroatoms. The van der Waals surface area contributed by atoms with E-state index in [0.29, 0.717) is 53.7 Å². The molecule has 0 saturated carbocycles. The van der Waals surface area contributed by atoms with Gasteiger partial charge in [0.25, 0.3) is 5.91 Å². The number of nitrogens with zero attached hydrogens (tertiary/aromatic N) is 3. The molecule has 0 radical (unpaired) electrons. The number of aryl methyl sites for hydroxylation is 1. The van der Waals surface area contributed by atoms with Crippen molar-refractivity contribution in [1.29, 1.82) is 0 Å². The molecule has 4 rings (SSSR count). The minimum absolute atomic E-state index is 0.193. The van der Waals surface area contributed by atoms with E-state index >= 15 is 0 Å². The average Bonchev–Trinajstić information content (AvgIpc) is 3.26. The highest BCUT2D eigenvalue weighted by atomic mass is 35.5. The molecule has 0 N–H and O–H groups in total. The molecule has 1 spiro atoms. The zero-order chi connectivity index (χ0) is 18.5. The third-order valence-corrected chi connectivity index (χ3v) is 5.28. The number of likely N-dealkylation sites (tertiary alicyclic amines) is 1. The minimum Gasteiger partial charge on any atom is -0.439 e. The molecule has 2 aromatic rings. The Morgan fingerprint density at radius 3 is 2.77 bits per heavy atom. The summed E-state index contributed by atoms with van der Waals surface area (Å²) in [6.07, 6.45) is 0.262. The lowest BCUT2D eigenvalue weighted by Crippen LogP contribution is -2.39. The van der Waals surface area contributed by atoms with Gasteiger partial charge in [-0.3, -0.25) is 4.79 Å². The molecule has 0 unspecified atom stereocenters. The number of benzene rings is 1. The molecule has 2 amide bonds. The molecule has 0 bridgehead atoms. The summed E-state index contributed by atoms with van der Waals surface area (Å²) in [6, 6.07) is 7.19. The third-order valence-electron chi connectivity index (χ3n) is 4.95. The van der Waals surface area contributed by atoms with Gasteiger partial charge in [-0.25, -0.2) is 4.79 Å². The normalized spacial score (nSPS) is 22.3. The van der Waals surface area contributed by atoms with Crippen molar-refractivity contribution in [1.82, 2.24) is 15.0 Å². The molecule has 3 heterocycles. The fourth-order valence-corrected chi connectivity index (χ4v) is 3.87. The lowest BCUT2D eigenvalue weighted by atomic mass is 10.0. The Labute approximate surface area is 155 Å². The zero-order valence-corrected chi connectivity index (χ0v) is 15.2. The Kier molecular flexibility index (Phi) is 3.91. The van der Waals surface area contributed by atoms with Crippen LogP contribution in [-0.2, 0) is 4.74 Å². The Morgan fingerprint density at radius 2 is 2.08 bits per heavy atom. The minimum atomic E-state index is -0.628. The maximum absolute atomic E-state index is 13.2. The number of halogens is 1. The van der Waals surface area contributed by atoms with E-state index in [2.05, 4.69) is 5.16 Å². The Balaban J connectivity index is 1.63. The van der Waals surface area contributed by atoms with Gasteiger partial charge in [0.05, 0.1) is 18.1 Å². The second kappa shape index (κ2) is 6.02. The smallest absolute Gasteiger partial charge is 0.410 e. The van der Waals surface area contributed by atoms with E-state index in [1.165, 1.54) is 4.90 Å². The van der Waals surface area contributed by atoms with Gasteiger partial charge < -0.3 is 19.1 Å². The summed E-state index contributed by atoms with van der Waals surface area (Å²) in [7, 11) is 1.70. The van der Waals surface area contributed by atoms with Gasteiger partial charge >= 0.3 is 6.09 Å². The number of rotatable bonds is 2. The Hall–Kier alpha value is -2.54. The first-order chi connectivity index (χ1) is 12.4. The van der Waals surface area contributed by atoms with Crippen LogP contribution >= 0.6 is 11.6 Å². The number of hydrogen-bond donors (Lipinski definition) is 0. The van der Waals surface area contributed by atoms with Gasteiger partial charge in [0.2, 0.25) is 0 Å². The summed E-state index contributed by atoms with van der Waals surface area (Å²) < 4.78 is 10.8. The van der Waals surface area contributed by atoms with E-state index in [-0.39, 0.29) is 12.0 Å². The number of hydrogen-bond acceptors (Lipinski definition) is 5. The standard InChI is InChI=1S/C18H18ClN3O4/c1-11-14(15(20-26-11)12-5-3-4-6-13(12)19)16(23)22-8-7-18(10-22)9-21(2)17(24)25-18/h3-6H,7-10H2,1-2H3/t18-/m0/s1. The summed E-state index contributed by atoms with van der Waals surface area (Å²) in [4.78, 5) is 28.1. The molecule has 1 aromatic carbocycles. The maximum atomic E-state index is 13.2. The maximum Gasteiger partial charge on any atom is 0.410 e. The fourth-order valence-electron chi connectivity index (χ4n) is 3.64. The molecular formula is C18H18ClN3O4. The first-order valence-corrected chi connectivity index (χ1v) is 8.72. The van der Waals surface area contributed by atoms with E-state index in [0.717, 1.165) is 0 Å². The van der Waals surface area contributed by atoms with Gasteiger partial charge in [-0.15, -0.1) is 0 Å². The van der Waals surface area contributed by atoms with Crippen molar-refractivity contribution in [3.63, 3.8) is 0 Å². The summed E-state index contributed by atoms with van der Waals surface area (Å²) in [5.74, 6) is 0.243. The highest BCUT2D eigenvalue weighted by molar-refractivity contribution is 6.33. The molecule has 2 aliphatic heterocycles. The van der Waals surface area contributed by atoms with Gasteiger partial charge in [0, 0.05) is 25.6 Å². The van der Waals surface area contributed by atoms with Crippen LogP contribution in [0.1, 0.15) is 22.5 Å². The first-order valence-electron chi connectivity index (χ1n) is 8.35. The summed E-state index contributed by atoms with van der Waals surface area (Å²) in [5, 5.41) is 4.55. The van der Waals surface area contributed by atoms with Crippen LogP contribution < -0.4 is 0 Å². The number of carbonyl (C=O) groups excluding carboxylic acids is 2. The predicted octanol–water partition coefficient (Wildman–Crippen LogP) is 2.97. The van der Waals surface area contributed by atoms with Gasteiger partial charge in [-0.2, -0.15) is 0 Å².